The van der Waals surface area contributed by atoms with Crippen LogP contribution in [-0.4, -0.2) is 34.6 Å². The lowest BCUT2D eigenvalue weighted by Gasteiger charge is -2.33. The molecule has 0 bridgehead atoms. The van der Waals surface area contributed by atoms with Gasteiger partial charge < -0.3 is 0 Å². The first-order valence-corrected chi connectivity index (χ1v) is 10.6. The summed E-state index contributed by atoms with van der Waals surface area (Å²) in [4.78, 5) is 11.9. The Morgan fingerprint density at radius 1 is 1.12 bits per heavy atom. The van der Waals surface area contributed by atoms with E-state index in [2.05, 4.69) is 9.82 Å². The number of hydrogen-bond acceptors (Lipinski definition) is 4. The molecule has 7 nitrogen and oxygen atoms in total. The minimum atomic E-state index is -3.22. The highest BCUT2D eigenvalue weighted by atomic mass is 32.2. The molecule has 8 heteroatoms. The Morgan fingerprint density at radius 2 is 1.83 bits per heavy atom. The molecule has 136 valence electrons. The molecule has 0 radical (unpaired) electrons. The lowest BCUT2D eigenvalue weighted by Crippen LogP contribution is -2.45. The van der Waals surface area contributed by atoms with E-state index in [1.54, 1.807) is 18.7 Å². The molecular formula is C16H28N4O3S. The Balaban J connectivity index is 1.68. The van der Waals surface area contributed by atoms with Crippen molar-refractivity contribution in [3.63, 3.8) is 0 Å². The maximum atomic E-state index is 12.4. The number of rotatable bonds is 6. The van der Waals surface area contributed by atoms with E-state index in [0.717, 1.165) is 50.8 Å². The summed E-state index contributed by atoms with van der Waals surface area (Å²) in [6.45, 7) is 0. The number of aryl methyl sites for hydroxylation is 1. The number of nitrogens with one attached hydrogen (secondary N) is 1. The number of aromatic nitrogens is 3. The van der Waals surface area contributed by atoms with Crippen LogP contribution in [0.15, 0.2) is 4.79 Å². The van der Waals surface area contributed by atoms with Crippen molar-refractivity contribution >= 4 is 10.0 Å². The van der Waals surface area contributed by atoms with Crippen LogP contribution in [0, 0.1) is 11.8 Å². The van der Waals surface area contributed by atoms with E-state index in [9.17, 15) is 13.2 Å². The standard InChI is InChI=1S/C16H28N4O3S/c1-19-15(17-20(2)16(19)21)10-13-8-3-4-9-14(13)18-24(22,23)11-12-6-5-7-12/h12-14,18H,3-11H2,1-2H3/t13-,14-/m1/s1. The number of nitrogens with zero attached hydrogens (tertiary/aromatic N) is 3. The van der Waals surface area contributed by atoms with E-state index in [0.29, 0.717) is 12.3 Å². The summed E-state index contributed by atoms with van der Waals surface area (Å²) in [5, 5.41) is 4.30. The molecule has 0 amide bonds. The first-order chi connectivity index (χ1) is 11.4. The zero-order chi connectivity index (χ0) is 17.3. The van der Waals surface area contributed by atoms with E-state index in [1.165, 1.54) is 4.68 Å². The molecule has 2 atom stereocenters. The summed E-state index contributed by atoms with van der Waals surface area (Å²) in [5.74, 6) is 1.53. The lowest BCUT2D eigenvalue weighted by atomic mass is 9.83. The van der Waals surface area contributed by atoms with Crippen LogP contribution in [0.4, 0.5) is 0 Å². The molecule has 1 aromatic rings. The number of sulfonamides is 1. The van der Waals surface area contributed by atoms with Crippen LogP contribution in [-0.2, 0) is 30.5 Å². The predicted molar refractivity (Wildman–Crippen MR) is 92.2 cm³/mol. The van der Waals surface area contributed by atoms with Gasteiger partial charge in [0.15, 0.2) is 0 Å². The highest BCUT2D eigenvalue weighted by Crippen LogP contribution is 2.30. The largest absolute Gasteiger partial charge is 0.345 e. The smallest absolute Gasteiger partial charge is 0.282 e. The van der Waals surface area contributed by atoms with Gasteiger partial charge in [-0.05, 0) is 37.5 Å². The molecule has 3 rings (SSSR count). The van der Waals surface area contributed by atoms with Crippen LogP contribution >= 0.6 is 0 Å². The lowest BCUT2D eigenvalue weighted by molar-refractivity contribution is 0.280. The van der Waals surface area contributed by atoms with Gasteiger partial charge in [0.05, 0.1) is 5.75 Å². The van der Waals surface area contributed by atoms with Gasteiger partial charge in [-0.1, -0.05) is 19.3 Å². The normalized spacial score (nSPS) is 25.6. The van der Waals surface area contributed by atoms with Crippen LogP contribution < -0.4 is 10.4 Å². The maximum Gasteiger partial charge on any atom is 0.345 e. The van der Waals surface area contributed by atoms with Gasteiger partial charge in [-0.2, -0.15) is 5.10 Å². The Hall–Kier alpha value is -1.15. The molecule has 2 fully saturated rings. The SMILES string of the molecule is Cn1nc(C[C@H]2CCCC[C@H]2NS(=O)(=O)CC2CCC2)n(C)c1=O. The van der Waals surface area contributed by atoms with Gasteiger partial charge in [0, 0.05) is 26.6 Å². The van der Waals surface area contributed by atoms with Crippen LogP contribution in [0.2, 0.25) is 0 Å². The van der Waals surface area contributed by atoms with Crippen molar-refractivity contribution in [3.05, 3.63) is 16.3 Å². The molecule has 0 saturated heterocycles. The second-order valence-corrected chi connectivity index (χ2v) is 9.23. The predicted octanol–water partition coefficient (Wildman–Crippen LogP) is 0.940. The third kappa shape index (κ3) is 3.91. The van der Waals surface area contributed by atoms with Crippen molar-refractivity contribution in [1.82, 2.24) is 19.1 Å². The molecule has 2 aliphatic rings. The summed E-state index contributed by atoms with van der Waals surface area (Å²) in [5.41, 5.74) is -0.136. The van der Waals surface area contributed by atoms with E-state index in [1.807, 2.05) is 0 Å². The molecule has 1 aromatic heterocycles. The minimum absolute atomic E-state index is 0.0408. The Bertz CT molecular complexity index is 733. The average molecular weight is 356 g/mol. The molecule has 2 saturated carbocycles. The maximum absolute atomic E-state index is 12.4. The van der Waals surface area contributed by atoms with E-state index in [4.69, 9.17) is 0 Å². The molecule has 24 heavy (non-hydrogen) atoms. The molecule has 1 heterocycles. The van der Waals surface area contributed by atoms with E-state index < -0.39 is 10.0 Å². The Labute approximate surface area is 143 Å². The van der Waals surface area contributed by atoms with Crippen LogP contribution in [0.1, 0.15) is 50.8 Å². The molecule has 2 aliphatic carbocycles. The van der Waals surface area contributed by atoms with Gasteiger partial charge in [0.1, 0.15) is 5.82 Å². The first-order valence-electron chi connectivity index (χ1n) is 8.94. The third-order valence-corrected chi connectivity index (χ3v) is 7.15. The van der Waals surface area contributed by atoms with Crippen molar-refractivity contribution in [3.8, 4) is 0 Å². The topological polar surface area (TPSA) is 86.0 Å². The van der Waals surface area contributed by atoms with Crippen molar-refractivity contribution in [2.75, 3.05) is 5.75 Å². The van der Waals surface area contributed by atoms with Gasteiger partial charge in [0.25, 0.3) is 0 Å². The third-order valence-electron chi connectivity index (χ3n) is 5.58. The number of hydrogen-bond donors (Lipinski definition) is 1. The molecule has 0 spiro atoms. The van der Waals surface area contributed by atoms with Gasteiger partial charge in [-0.25, -0.2) is 22.6 Å². The van der Waals surface area contributed by atoms with Gasteiger partial charge in [-0.15, -0.1) is 0 Å². The molecule has 1 N–H and O–H groups in total. The second kappa shape index (κ2) is 7.00. The van der Waals surface area contributed by atoms with Crippen molar-refractivity contribution in [1.29, 1.82) is 0 Å². The molecule has 0 unspecified atom stereocenters. The summed E-state index contributed by atoms with van der Waals surface area (Å²) in [7, 11) is 0.146. The van der Waals surface area contributed by atoms with E-state index in [-0.39, 0.29) is 23.4 Å². The van der Waals surface area contributed by atoms with E-state index >= 15 is 0 Å². The Morgan fingerprint density at radius 3 is 2.42 bits per heavy atom. The van der Waals surface area contributed by atoms with Crippen LogP contribution in [0.5, 0.6) is 0 Å². The molecule has 0 aliphatic heterocycles. The average Bonchev–Trinajstić information content (AvgIpc) is 2.72. The zero-order valence-electron chi connectivity index (χ0n) is 14.6. The zero-order valence-corrected chi connectivity index (χ0v) is 15.4. The van der Waals surface area contributed by atoms with Gasteiger partial charge in [0.2, 0.25) is 10.0 Å². The molecular weight excluding hydrogens is 328 g/mol. The monoisotopic (exact) mass is 356 g/mol. The van der Waals surface area contributed by atoms with Crippen LogP contribution in [0.3, 0.4) is 0 Å². The fourth-order valence-corrected chi connectivity index (χ4v) is 5.70. The van der Waals surface area contributed by atoms with Crippen molar-refractivity contribution < 1.29 is 8.42 Å². The fourth-order valence-electron chi connectivity index (χ4n) is 3.88. The van der Waals surface area contributed by atoms with Crippen LogP contribution in [0.25, 0.3) is 0 Å². The Kier molecular flexibility index (Phi) is 5.15. The minimum Gasteiger partial charge on any atom is -0.282 e. The van der Waals surface area contributed by atoms with Gasteiger partial charge in [-0.3, -0.25) is 4.57 Å². The van der Waals surface area contributed by atoms with Gasteiger partial charge >= 0.3 is 5.69 Å². The van der Waals surface area contributed by atoms with Crippen molar-refractivity contribution in [2.24, 2.45) is 25.9 Å². The first kappa shape index (κ1) is 17.7. The summed E-state index contributed by atoms with van der Waals surface area (Å²) < 4.78 is 30.7. The quantitative estimate of drug-likeness (QED) is 0.822. The summed E-state index contributed by atoms with van der Waals surface area (Å²) >= 11 is 0. The highest BCUT2D eigenvalue weighted by Gasteiger charge is 2.32. The second-order valence-electron chi connectivity index (χ2n) is 7.43. The summed E-state index contributed by atoms with van der Waals surface area (Å²) in [6, 6.07) is -0.0408. The summed E-state index contributed by atoms with van der Waals surface area (Å²) in [6.07, 6.45) is 7.86. The molecule has 0 aromatic carbocycles. The fraction of sp³-hybridized carbons (Fsp3) is 0.875. The van der Waals surface area contributed by atoms with Crippen molar-refractivity contribution in [2.45, 2.75) is 57.4 Å². The highest BCUT2D eigenvalue weighted by molar-refractivity contribution is 7.89.